The number of hydrogen-bond donors (Lipinski definition) is 0. The van der Waals surface area contributed by atoms with E-state index in [2.05, 4.69) is 9.97 Å². The molecule has 0 unspecified atom stereocenters. The fraction of sp³-hybridized carbons (Fsp3) is 0.500. The summed E-state index contributed by atoms with van der Waals surface area (Å²) in [6, 6.07) is 0. The topological polar surface area (TPSA) is 59.9 Å². The lowest BCUT2D eigenvalue weighted by Crippen LogP contribution is -2.14. The molecule has 4 nitrogen and oxygen atoms in total. The second kappa shape index (κ2) is 3.41. The summed E-state index contributed by atoms with van der Waals surface area (Å²) < 4.78 is 23.1. The second-order valence-electron chi connectivity index (χ2n) is 3.06. The molecule has 0 bridgehead atoms. The Morgan fingerprint density at radius 1 is 1.23 bits per heavy atom. The summed E-state index contributed by atoms with van der Waals surface area (Å²) in [5.74, 6) is 0.572. The van der Waals surface area contributed by atoms with Gasteiger partial charge in [-0.05, 0) is 20.8 Å². The van der Waals surface area contributed by atoms with Gasteiger partial charge in [-0.1, -0.05) is 0 Å². The molecule has 0 aliphatic carbocycles. The van der Waals surface area contributed by atoms with Gasteiger partial charge in [0, 0.05) is 12.4 Å². The smallest absolute Gasteiger partial charge is 0.183 e. The first-order valence-corrected chi connectivity index (χ1v) is 5.52. The Morgan fingerprint density at radius 2 is 1.69 bits per heavy atom. The molecule has 0 saturated carbocycles. The molecule has 1 aromatic heterocycles. The third-order valence-electron chi connectivity index (χ3n) is 1.71. The van der Waals surface area contributed by atoms with Gasteiger partial charge in [0.1, 0.15) is 10.7 Å². The predicted molar refractivity (Wildman–Crippen MR) is 49.1 cm³/mol. The number of aryl methyl sites for hydroxylation is 1. The van der Waals surface area contributed by atoms with Gasteiger partial charge >= 0.3 is 0 Å². The van der Waals surface area contributed by atoms with Crippen molar-refractivity contribution in [3.63, 3.8) is 0 Å². The third-order valence-corrected chi connectivity index (χ3v) is 3.82. The van der Waals surface area contributed by atoms with Gasteiger partial charge in [-0.15, -0.1) is 0 Å². The summed E-state index contributed by atoms with van der Waals surface area (Å²) in [5.41, 5.74) is 0. The van der Waals surface area contributed by atoms with Crippen molar-refractivity contribution in [2.75, 3.05) is 0 Å². The maximum Gasteiger partial charge on any atom is 0.183 e. The van der Waals surface area contributed by atoms with E-state index in [0.29, 0.717) is 5.82 Å². The molecule has 0 aliphatic heterocycles. The molecule has 0 amide bonds. The second-order valence-corrected chi connectivity index (χ2v) is 5.56. The summed E-state index contributed by atoms with van der Waals surface area (Å²) in [6.07, 6.45) is 2.69. The molecule has 1 rings (SSSR count). The van der Waals surface area contributed by atoms with Crippen LogP contribution in [0.3, 0.4) is 0 Å². The van der Waals surface area contributed by atoms with E-state index in [4.69, 9.17) is 0 Å². The van der Waals surface area contributed by atoms with Crippen LogP contribution >= 0.6 is 0 Å². The number of hydrogen-bond acceptors (Lipinski definition) is 4. The Hall–Kier alpha value is -0.970. The summed E-state index contributed by atoms with van der Waals surface area (Å²) >= 11 is 0. The first kappa shape index (κ1) is 10.1. The van der Waals surface area contributed by atoms with Crippen LogP contribution in [0.4, 0.5) is 0 Å². The normalized spacial score (nSPS) is 12.0. The SMILES string of the molecule is Cc1ncc(S(=O)(=O)C(C)C)cn1. The molecule has 0 radical (unpaired) electrons. The van der Waals surface area contributed by atoms with Crippen LogP contribution in [0.5, 0.6) is 0 Å². The van der Waals surface area contributed by atoms with E-state index >= 15 is 0 Å². The maximum absolute atomic E-state index is 11.6. The Bertz CT molecular complexity index is 381. The van der Waals surface area contributed by atoms with Crippen LogP contribution in [0.2, 0.25) is 0 Å². The van der Waals surface area contributed by atoms with E-state index in [9.17, 15) is 8.42 Å². The predicted octanol–water partition coefficient (Wildman–Crippen LogP) is 0.967. The summed E-state index contributed by atoms with van der Waals surface area (Å²) in [5, 5.41) is -0.432. The molecule has 0 saturated heterocycles. The van der Waals surface area contributed by atoms with Gasteiger partial charge in [0.2, 0.25) is 0 Å². The van der Waals surface area contributed by atoms with Gasteiger partial charge in [-0.25, -0.2) is 18.4 Å². The third kappa shape index (κ3) is 2.03. The van der Waals surface area contributed by atoms with Crippen molar-refractivity contribution in [3.8, 4) is 0 Å². The van der Waals surface area contributed by atoms with Crippen LogP contribution in [-0.2, 0) is 9.84 Å². The van der Waals surface area contributed by atoms with Crippen molar-refractivity contribution in [1.82, 2.24) is 9.97 Å². The van der Waals surface area contributed by atoms with E-state index in [-0.39, 0.29) is 4.90 Å². The van der Waals surface area contributed by atoms with Crippen LogP contribution in [0.1, 0.15) is 19.7 Å². The zero-order valence-corrected chi connectivity index (χ0v) is 8.67. The minimum Gasteiger partial charge on any atom is -0.240 e. The minimum atomic E-state index is -3.22. The Balaban J connectivity index is 3.17. The van der Waals surface area contributed by atoms with Crippen molar-refractivity contribution in [2.45, 2.75) is 30.9 Å². The Kier molecular flexibility index (Phi) is 2.66. The summed E-state index contributed by atoms with van der Waals surface area (Å²) in [7, 11) is -3.22. The first-order chi connectivity index (χ1) is 5.94. The number of aromatic nitrogens is 2. The quantitative estimate of drug-likeness (QED) is 0.713. The molecule has 5 heteroatoms. The molecule has 0 atom stereocenters. The molecule has 1 aromatic rings. The van der Waals surface area contributed by atoms with E-state index in [1.165, 1.54) is 12.4 Å². The van der Waals surface area contributed by atoms with Crippen molar-refractivity contribution in [1.29, 1.82) is 0 Å². The highest BCUT2D eigenvalue weighted by Gasteiger charge is 2.19. The number of rotatable bonds is 2. The zero-order valence-electron chi connectivity index (χ0n) is 7.85. The van der Waals surface area contributed by atoms with Gasteiger partial charge in [0.25, 0.3) is 0 Å². The van der Waals surface area contributed by atoms with Crippen LogP contribution in [0, 0.1) is 6.92 Å². The molecule has 0 fully saturated rings. The summed E-state index contributed by atoms with van der Waals surface area (Å²) in [6.45, 7) is 4.98. The van der Waals surface area contributed by atoms with Gasteiger partial charge in [-0.2, -0.15) is 0 Å². The minimum absolute atomic E-state index is 0.188. The van der Waals surface area contributed by atoms with Gasteiger partial charge in [-0.3, -0.25) is 0 Å². The highest BCUT2D eigenvalue weighted by Crippen LogP contribution is 2.12. The van der Waals surface area contributed by atoms with E-state index in [1.54, 1.807) is 20.8 Å². The molecular weight excluding hydrogens is 188 g/mol. The lowest BCUT2D eigenvalue weighted by molar-refractivity contribution is 0.586. The van der Waals surface area contributed by atoms with Crippen LogP contribution < -0.4 is 0 Å². The highest BCUT2D eigenvalue weighted by molar-refractivity contribution is 7.92. The first-order valence-electron chi connectivity index (χ1n) is 3.97. The lowest BCUT2D eigenvalue weighted by atomic mass is 10.6. The standard InChI is InChI=1S/C8H12N2O2S/c1-6(2)13(11,12)8-4-9-7(3)10-5-8/h4-6H,1-3H3. The van der Waals surface area contributed by atoms with Crippen molar-refractivity contribution in [3.05, 3.63) is 18.2 Å². The van der Waals surface area contributed by atoms with Crippen molar-refractivity contribution in [2.24, 2.45) is 0 Å². The molecule has 0 spiro atoms. The molecule has 0 N–H and O–H groups in total. The molecule has 13 heavy (non-hydrogen) atoms. The number of sulfone groups is 1. The molecule has 0 aromatic carbocycles. The van der Waals surface area contributed by atoms with Crippen LogP contribution in [0.15, 0.2) is 17.3 Å². The average molecular weight is 200 g/mol. The van der Waals surface area contributed by atoms with Gasteiger partial charge < -0.3 is 0 Å². The van der Waals surface area contributed by atoms with Crippen molar-refractivity contribution < 1.29 is 8.42 Å². The van der Waals surface area contributed by atoms with Crippen LogP contribution in [0.25, 0.3) is 0 Å². The number of nitrogens with zero attached hydrogens (tertiary/aromatic N) is 2. The van der Waals surface area contributed by atoms with Gasteiger partial charge in [0.05, 0.1) is 5.25 Å². The molecular formula is C8H12N2O2S. The largest absolute Gasteiger partial charge is 0.240 e. The van der Waals surface area contributed by atoms with E-state index < -0.39 is 15.1 Å². The monoisotopic (exact) mass is 200 g/mol. The molecule has 72 valence electrons. The maximum atomic E-state index is 11.6. The highest BCUT2D eigenvalue weighted by atomic mass is 32.2. The van der Waals surface area contributed by atoms with Gasteiger partial charge in [0.15, 0.2) is 9.84 Å². The zero-order chi connectivity index (χ0) is 10.1. The molecule has 1 heterocycles. The lowest BCUT2D eigenvalue weighted by Gasteiger charge is -2.06. The van der Waals surface area contributed by atoms with Crippen molar-refractivity contribution >= 4 is 9.84 Å². The van der Waals surface area contributed by atoms with Crippen LogP contribution in [-0.4, -0.2) is 23.6 Å². The average Bonchev–Trinajstić information content (AvgIpc) is 2.04. The van der Waals surface area contributed by atoms with E-state index in [1.807, 2.05) is 0 Å². The fourth-order valence-electron chi connectivity index (χ4n) is 0.800. The molecule has 0 aliphatic rings. The summed E-state index contributed by atoms with van der Waals surface area (Å²) in [4.78, 5) is 7.86. The Morgan fingerprint density at radius 3 is 2.08 bits per heavy atom. The fourth-order valence-corrected chi connectivity index (χ4v) is 1.74. The Labute approximate surface area is 78.0 Å². The van der Waals surface area contributed by atoms with E-state index in [0.717, 1.165) is 0 Å².